The topological polar surface area (TPSA) is 77.4 Å². The normalized spacial score (nSPS) is 11.9. The van der Waals surface area contributed by atoms with Crippen LogP contribution < -0.4 is 0 Å². The van der Waals surface area contributed by atoms with Gasteiger partial charge in [-0.15, -0.1) is 0 Å². The van der Waals surface area contributed by atoms with Crippen molar-refractivity contribution in [3.63, 3.8) is 0 Å². The molecule has 0 spiro atoms. The molecule has 0 aliphatic rings. The van der Waals surface area contributed by atoms with Crippen LogP contribution in [-0.2, 0) is 10.4 Å². The second-order valence-electron chi connectivity index (χ2n) is 5.32. The molecule has 0 saturated carbocycles. The van der Waals surface area contributed by atoms with E-state index in [-0.39, 0.29) is 0 Å². The molecule has 0 fully saturated rings. The summed E-state index contributed by atoms with van der Waals surface area (Å²) in [5.74, 6) is 0. The molecule has 5 nitrogen and oxygen atoms in total. The maximum absolute atomic E-state index is 8.63. The minimum Gasteiger partial charge on any atom is -0.726 e. The number of unbranched alkanes of at least 4 members (excludes halogenated alkanes) is 3. The molecule has 0 heterocycles. The molecule has 0 atom stereocenters. The third kappa shape index (κ3) is 15.9. The van der Waals surface area contributed by atoms with Crippen molar-refractivity contribution < 1.29 is 22.0 Å². The highest BCUT2D eigenvalue weighted by Crippen LogP contribution is 2.14. The van der Waals surface area contributed by atoms with Crippen LogP contribution in [0.2, 0.25) is 0 Å². The number of hydrogen-bond donors (Lipinski definition) is 1. The summed E-state index contributed by atoms with van der Waals surface area (Å²) < 4.78 is 34.2. The molecule has 0 unspecified atom stereocenters. The molecule has 0 aromatic carbocycles. The van der Waals surface area contributed by atoms with E-state index in [9.17, 15) is 0 Å². The first kappa shape index (κ1) is 22.1. The maximum atomic E-state index is 8.63. The van der Waals surface area contributed by atoms with Crippen LogP contribution in [0.1, 0.15) is 66.2 Å². The number of hydrogen-bond acceptors (Lipinski definition) is 3. The van der Waals surface area contributed by atoms with Gasteiger partial charge in [0.15, 0.2) is 0 Å². The van der Waals surface area contributed by atoms with Gasteiger partial charge in [-0.1, -0.05) is 40.0 Å². The van der Waals surface area contributed by atoms with Crippen molar-refractivity contribution in [2.75, 3.05) is 26.2 Å². The van der Waals surface area contributed by atoms with E-state index >= 15 is 0 Å². The molecule has 0 aromatic heterocycles. The quantitative estimate of drug-likeness (QED) is 0.382. The van der Waals surface area contributed by atoms with Gasteiger partial charge in [0, 0.05) is 0 Å². The first-order valence-electron chi connectivity index (χ1n) is 7.78. The Hall–Kier alpha value is -0.170. The summed E-state index contributed by atoms with van der Waals surface area (Å²) in [7, 11) is -4.92. The van der Waals surface area contributed by atoms with Crippen LogP contribution in [-0.4, -0.2) is 48.2 Å². The summed E-state index contributed by atoms with van der Waals surface area (Å²) in [6, 6.07) is 0. The van der Waals surface area contributed by atoms with Gasteiger partial charge in [-0.2, -0.15) is 0 Å². The molecular weight excluding hydrogens is 278 g/mol. The van der Waals surface area contributed by atoms with Gasteiger partial charge < -0.3 is 9.04 Å². The fraction of sp³-hybridized carbons (Fsp3) is 1.00. The Morgan fingerprint density at radius 1 is 0.850 bits per heavy atom. The van der Waals surface area contributed by atoms with E-state index in [0.29, 0.717) is 0 Å². The van der Waals surface area contributed by atoms with Crippen molar-refractivity contribution in [2.45, 2.75) is 66.2 Å². The van der Waals surface area contributed by atoms with Gasteiger partial charge in [0.1, 0.15) is 0 Å². The molecule has 0 rings (SSSR count). The van der Waals surface area contributed by atoms with E-state index in [0.717, 1.165) is 0 Å². The smallest absolute Gasteiger partial charge is 0.215 e. The molecule has 0 radical (unpaired) electrons. The van der Waals surface area contributed by atoms with Crippen molar-refractivity contribution in [2.24, 2.45) is 0 Å². The van der Waals surface area contributed by atoms with Crippen LogP contribution in [0.25, 0.3) is 0 Å². The molecule has 1 N–H and O–H groups in total. The van der Waals surface area contributed by atoms with Crippen LogP contribution in [0, 0.1) is 0 Å². The Morgan fingerprint density at radius 2 is 1.10 bits per heavy atom. The SMILES string of the molecule is CCCC[N+](CC)(CCCC)CCCC.O=S(=O)([O-])O. The van der Waals surface area contributed by atoms with Crippen molar-refractivity contribution in [1.29, 1.82) is 0 Å². The Bertz CT molecular complexity index is 275. The average molecular weight is 311 g/mol. The number of quaternary nitrogens is 1. The Labute approximate surface area is 125 Å². The van der Waals surface area contributed by atoms with Crippen molar-refractivity contribution in [3.05, 3.63) is 0 Å². The van der Waals surface area contributed by atoms with Gasteiger partial charge in [0.25, 0.3) is 0 Å². The van der Waals surface area contributed by atoms with E-state index in [1.165, 1.54) is 69.2 Å². The summed E-state index contributed by atoms with van der Waals surface area (Å²) in [4.78, 5) is 0. The Morgan fingerprint density at radius 3 is 1.25 bits per heavy atom. The second-order valence-corrected chi connectivity index (χ2v) is 6.17. The van der Waals surface area contributed by atoms with Gasteiger partial charge in [-0.25, -0.2) is 8.42 Å². The van der Waals surface area contributed by atoms with Crippen LogP contribution >= 0.6 is 0 Å². The lowest BCUT2D eigenvalue weighted by Gasteiger charge is -2.38. The zero-order valence-corrected chi connectivity index (χ0v) is 14.4. The second kappa shape index (κ2) is 12.6. The lowest BCUT2D eigenvalue weighted by molar-refractivity contribution is -0.927. The van der Waals surface area contributed by atoms with Gasteiger partial charge in [-0.3, -0.25) is 4.55 Å². The molecule has 0 bridgehead atoms. The van der Waals surface area contributed by atoms with Crippen LogP contribution in [0.4, 0.5) is 0 Å². The molecular formula is C14H33NO4S. The van der Waals surface area contributed by atoms with Crippen molar-refractivity contribution in [3.8, 4) is 0 Å². The van der Waals surface area contributed by atoms with Gasteiger partial charge in [0.2, 0.25) is 10.4 Å². The molecule has 6 heteroatoms. The predicted molar refractivity (Wildman–Crippen MR) is 82.5 cm³/mol. The monoisotopic (exact) mass is 311 g/mol. The third-order valence-corrected chi connectivity index (χ3v) is 3.63. The first-order chi connectivity index (χ1) is 9.24. The first-order valence-corrected chi connectivity index (χ1v) is 9.14. The summed E-state index contributed by atoms with van der Waals surface area (Å²) in [6.07, 6.45) is 8.25. The largest absolute Gasteiger partial charge is 0.726 e. The summed E-state index contributed by atoms with van der Waals surface area (Å²) >= 11 is 0. The maximum Gasteiger partial charge on any atom is 0.215 e. The average Bonchev–Trinajstić information content (AvgIpc) is 2.37. The lowest BCUT2D eigenvalue weighted by atomic mass is 10.1. The number of rotatable bonds is 10. The molecule has 20 heavy (non-hydrogen) atoms. The van der Waals surface area contributed by atoms with E-state index < -0.39 is 10.4 Å². The lowest BCUT2D eigenvalue weighted by Crippen LogP contribution is -2.49. The van der Waals surface area contributed by atoms with E-state index in [2.05, 4.69) is 27.7 Å². The molecule has 0 amide bonds. The standard InChI is InChI=1S/C14H32N.H2O4S/c1-5-9-12-15(8-4,13-10-6-2)14-11-7-3;1-5(2,3)4/h5-14H2,1-4H3;(H2,1,2,3,4)/q+1;/p-1. The molecule has 124 valence electrons. The Kier molecular flexibility index (Phi) is 13.9. The zero-order chi connectivity index (χ0) is 16.1. The van der Waals surface area contributed by atoms with Gasteiger partial charge >= 0.3 is 0 Å². The molecule has 0 aromatic rings. The van der Waals surface area contributed by atoms with Crippen molar-refractivity contribution in [1.82, 2.24) is 0 Å². The van der Waals surface area contributed by atoms with E-state index in [1.54, 1.807) is 0 Å². The summed E-state index contributed by atoms with van der Waals surface area (Å²) in [5, 5.41) is 0. The van der Waals surface area contributed by atoms with E-state index in [1.807, 2.05) is 0 Å². The fourth-order valence-electron chi connectivity index (χ4n) is 2.29. The van der Waals surface area contributed by atoms with Crippen LogP contribution in [0.15, 0.2) is 0 Å². The van der Waals surface area contributed by atoms with Gasteiger partial charge in [-0.05, 0) is 26.2 Å². The zero-order valence-electron chi connectivity index (χ0n) is 13.6. The molecule has 0 aliphatic heterocycles. The van der Waals surface area contributed by atoms with Crippen LogP contribution in [0.3, 0.4) is 0 Å². The predicted octanol–water partition coefficient (Wildman–Crippen LogP) is 3.23. The summed E-state index contributed by atoms with van der Waals surface area (Å²) in [6.45, 7) is 14.9. The highest BCUT2D eigenvalue weighted by atomic mass is 32.3. The third-order valence-electron chi connectivity index (χ3n) is 3.63. The van der Waals surface area contributed by atoms with Crippen molar-refractivity contribution >= 4 is 10.4 Å². The summed E-state index contributed by atoms with van der Waals surface area (Å²) in [5.41, 5.74) is 0. The fourth-order valence-corrected chi connectivity index (χ4v) is 2.29. The number of nitrogens with zero attached hydrogens (tertiary/aromatic N) is 1. The van der Waals surface area contributed by atoms with Gasteiger partial charge in [0.05, 0.1) is 26.2 Å². The highest BCUT2D eigenvalue weighted by molar-refractivity contribution is 7.79. The minimum atomic E-state index is -4.92. The molecule has 0 aliphatic carbocycles. The Balaban J connectivity index is 0. The van der Waals surface area contributed by atoms with Crippen LogP contribution in [0.5, 0.6) is 0 Å². The highest BCUT2D eigenvalue weighted by Gasteiger charge is 2.22. The van der Waals surface area contributed by atoms with E-state index in [4.69, 9.17) is 17.5 Å². The molecule has 0 saturated heterocycles. The minimum absolute atomic E-state index is 1.33.